The van der Waals surface area contributed by atoms with E-state index in [0.29, 0.717) is 22.9 Å². The summed E-state index contributed by atoms with van der Waals surface area (Å²) in [6, 6.07) is 24.4. The second-order valence-electron chi connectivity index (χ2n) is 9.55. The van der Waals surface area contributed by atoms with Gasteiger partial charge < -0.3 is 21.1 Å². The first-order chi connectivity index (χ1) is 20.3. The van der Waals surface area contributed by atoms with Crippen LogP contribution in [0.4, 0.5) is 9.93 Å². The van der Waals surface area contributed by atoms with E-state index in [1.54, 1.807) is 17.5 Å². The first-order valence-corrected chi connectivity index (χ1v) is 14.1. The van der Waals surface area contributed by atoms with Crippen molar-refractivity contribution in [2.75, 3.05) is 5.32 Å². The van der Waals surface area contributed by atoms with Crippen molar-refractivity contribution in [1.82, 2.24) is 20.9 Å². The maximum Gasteiger partial charge on any atom is 0.321 e. The lowest BCUT2D eigenvalue weighted by molar-refractivity contribution is -0.138. The zero-order valence-electron chi connectivity index (χ0n) is 22.9. The SMILES string of the molecule is CC(NC(=O)Cc1csc(NC(=O)NCc2ccccc2)n1)C(=O)NC(CC(=O)O)c1ccc(-c2ccccc2)cc1. The average molecular weight is 586 g/mol. The van der Waals surface area contributed by atoms with Crippen LogP contribution in [-0.2, 0) is 27.3 Å². The Hall–Kier alpha value is -5.03. The third kappa shape index (κ3) is 9.00. The Morgan fingerprint density at radius 1 is 0.857 bits per heavy atom. The molecule has 0 saturated carbocycles. The highest BCUT2D eigenvalue weighted by Gasteiger charge is 2.23. The molecule has 0 saturated heterocycles. The zero-order chi connectivity index (χ0) is 29.9. The van der Waals surface area contributed by atoms with Crippen molar-refractivity contribution in [3.8, 4) is 11.1 Å². The Kier molecular flexibility index (Phi) is 10.4. The summed E-state index contributed by atoms with van der Waals surface area (Å²) in [6.45, 7) is 1.88. The van der Waals surface area contributed by atoms with Gasteiger partial charge in [0, 0.05) is 11.9 Å². The van der Waals surface area contributed by atoms with Gasteiger partial charge in [-0.3, -0.25) is 19.7 Å². The number of thiazole rings is 1. The fourth-order valence-corrected chi connectivity index (χ4v) is 4.85. The number of carbonyl (C=O) groups excluding carboxylic acids is 3. The Bertz CT molecular complexity index is 1510. The van der Waals surface area contributed by atoms with Gasteiger partial charge in [-0.05, 0) is 29.2 Å². The molecule has 216 valence electrons. The molecule has 0 bridgehead atoms. The van der Waals surface area contributed by atoms with Crippen LogP contribution in [0.5, 0.6) is 0 Å². The highest BCUT2D eigenvalue weighted by atomic mass is 32.1. The normalized spacial score (nSPS) is 12.0. The van der Waals surface area contributed by atoms with E-state index in [4.69, 9.17) is 0 Å². The van der Waals surface area contributed by atoms with Gasteiger partial charge in [-0.1, -0.05) is 84.9 Å². The van der Waals surface area contributed by atoms with E-state index in [9.17, 15) is 24.3 Å². The number of carboxylic acid groups (broad SMARTS) is 1. The summed E-state index contributed by atoms with van der Waals surface area (Å²) in [5.41, 5.74) is 4.02. The largest absolute Gasteiger partial charge is 0.481 e. The van der Waals surface area contributed by atoms with Crippen LogP contribution in [0.3, 0.4) is 0 Å². The van der Waals surface area contributed by atoms with Crippen LogP contribution >= 0.6 is 11.3 Å². The van der Waals surface area contributed by atoms with E-state index < -0.39 is 35.9 Å². The monoisotopic (exact) mass is 585 g/mol. The van der Waals surface area contributed by atoms with Gasteiger partial charge in [0.15, 0.2) is 5.13 Å². The van der Waals surface area contributed by atoms with E-state index in [-0.39, 0.29) is 12.8 Å². The molecule has 10 nitrogen and oxygen atoms in total. The lowest BCUT2D eigenvalue weighted by Gasteiger charge is -2.21. The predicted octanol–water partition coefficient (Wildman–Crippen LogP) is 4.51. The molecule has 3 aromatic carbocycles. The molecule has 5 N–H and O–H groups in total. The molecule has 42 heavy (non-hydrogen) atoms. The van der Waals surface area contributed by atoms with Crippen LogP contribution in [0.2, 0.25) is 0 Å². The van der Waals surface area contributed by atoms with Gasteiger partial charge in [0.2, 0.25) is 11.8 Å². The molecule has 2 atom stereocenters. The van der Waals surface area contributed by atoms with E-state index in [1.807, 2.05) is 72.8 Å². The zero-order valence-corrected chi connectivity index (χ0v) is 23.7. The number of hydrogen-bond donors (Lipinski definition) is 5. The third-order valence-corrected chi connectivity index (χ3v) is 7.10. The number of carboxylic acids is 1. The number of carbonyl (C=O) groups is 4. The van der Waals surface area contributed by atoms with Gasteiger partial charge >= 0.3 is 12.0 Å². The van der Waals surface area contributed by atoms with Crippen molar-refractivity contribution < 1.29 is 24.3 Å². The van der Waals surface area contributed by atoms with Gasteiger partial charge in [-0.2, -0.15) is 0 Å². The summed E-state index contributed by atoms with van der Waals surface area (Å²) >= 11 is 1.18. The molecule has 4 rings (SSSR count). The van der Waals surface area contributed by atoms with E-state index in [0.717, 1.165) is 16.7 Å². The Labute approximate surface area is 247 Å². The minimum Gasteiger partial charge on any atom is -0.481 e. The van der Waals surface area contributed by atoms with Gasteiger partial charge in [0.1, 0.15) is 6.04 Å². The number of nitrogens with one attached hydrogen (secondary N) is 4. The van der Waals surface area contributed by atoms with Crippen molar-refractivity contribution >= 4 is 40.3 Å². The second kappa shape index (κ2) is 14.6. The molecular weight excluding hydrogens is 554 g/mol. The van der Waals surface area contributed by atoms with E-state index in [1.165, 1.54) is 18.3 Å². The van der Waals surface area contributed by atoms with Crippen LogP contribution < -0.4 is 21.3 Å². The fraction of sp³-hybridized carbons (Fsp3) is 0.194. The summed E-state index contributed by atoms with van der Waals surface area (Å²) in [5, 5.41) is 22.2. The molecule has 0 fully saturated rings. The van der Waals surface area contributed by atoms with Crippen LogP contribution in [0.15, 0.2) is 90.3 Å². The minimum atomic E-state index is -1.06. The number of anilines is 1. The number of urea groups is 1. The summed E-state index contributed by atoms with van der Waals surface area (Å²) < 4.78 is 0. The van der Waals surface area contributed by atoms with Crippen LogP contribution in [-0.4, -0.2) is 39.9 Å². The van der Waals surface area contributed by atoms with Gasteiger partial charge in [0.05, 0.1) is 24.6 Å². The molecule has 0 aliphatic rings. The quantitative estimate of drug-likeness (QED) is 0.165. The predicted molar refractivity (Wildman–Crippen MR) is 161 cm³/mol. The number of benzene rings is 3. The molecule has 0 aliphatic heterocycles. The Morgan fingerprint density at radius 2 is 1.50 bits per heavy atom. The first-order valence-electron chi connectivity index (χ1n) is 13.3. The Balaban J connectivity index is 1.27. The molecule has 1 aromatic heterocycles. The molecule has 1 heterocycles. The number of aliphatic carboxylic acids is 1. The standard InChI is InChI=1S/C31H31N5O5S/c1-20(29(40)35-26(17-28(38)39)24-14-12-23(13-15-24)22-10-6-3-7-11-22)33-27(37)16-25-19-42-31(34-25)36-30(41)32-18-21-8-4-2-5-9-21/h2-15,19-20,26H,16-18H2,1H3,(H,33,37)(H,35,40)(H,38,39)(H2,32,34,36,41). The number of rotatable bonds is 12. The highest BCUT2D eigenvalue weighted by molar-refractivity contribution is 7.13. The summed E-state index contributed by atoms with van der Waals surface area (Å²) in [4.78, 5) is 53.4. The summed E-state index contributed by atoms with van der Waals surface area (Å²) in [7, 11) is 0. The van der Waals surface area contributed by atoms with Crippen LogP contribution in [0.1, 0.15) is 36.2 Å². The van der Waals surface area contributed by atoms with Crippen LogP contribution in [0, 0.1) is 0 Å². The third-order valence-electron chi connectivity index (χ3n) is 6.30. The topological polar surface area (TPSA) is 150 Å². The maximum absolute atomic E-state index is 12.9. The number of hydrogen-bond acceptors (Lipinski definition) is 6. The van der Waals surface area contributed by atoms with E-state index in [2.05, 4.69) is 26.3 Å². The molecule has 0 spiro atoms. The van der Waals surface area contributed by atoms with Gasteiger partial charge in [0.25, 0.3) is 0 Å². The molecule has 0 aliphatic carbocycles. The smallest absolute Gasteiger partial charge is 0.321 e. The molecular formula is C31H31N5O5S. The lowest BCUT2D eigenvalue weighted by Crippen LogP contribution is -2.46. The lowest BCUT2D eigenvalue weighted by atomic mass is 9.99. The van der Waals surface area contributed by atoms with Crippen molar-refractivity contribution in [3.05, 3.63) is 107 Å². The Morgan fingerprint density at radius 3 is 2.17 bits per heavy atom. The van der Waals surface area contributed by atoms with E-state index >= 15 is 0 Å². The number of amides is 4. The summed E-state index contributed by atoms with van der Waals surface area (Å²) in [6.07, 6.45) is -0.411. The molecule has 4 aromatic rings. The number of nitrogens with zero attached hydrogens (tertiary/aromatic N) is 1. The van der Waals surface area contributed by atoms with Crippen LogP contribution in [0.25, 0.3) is 11.1 Å². The first kappa shape index (κ1) is 29.9. The fourth-order valence-electron chi connectivity index (χ4n) is 4.15. The second-order valence-corrected chi connectivity index (χ2v) is 10.4. The van der Waals surface area contributed by atoms with Crippen molar-refractivity contribution in [2.45, 2.75) is 38.4 Å². The molecule has 2 unspecified atom stereocenters. The van der Waals surface area contributed by atoms with Gasteiger partial charge in [-0.15, -0.1) is 11.3 Å². The average Bonchev–Trinajstić information content (AvgIpc) is 3.42. The highest BCUT2D eigenvalue weighted by Crippen LogP contribution is 2.23. The molecule has 4 amide bonds. The van der Waals surface area contributed by atoms with Crippen molar-refractivity contribution in [1.29, 1.82) is 0 Å². The molecule has 0 radical (unpaired) electrons. The van der Waals surface area contributed by atoms with Crippen molar-refractivity contribution in [2.24, 2.45) is 0 Å². The minimum absolute atomic E-state index is 0.0963. The van der Waals surface area contributed by atoms with Crippen molar-refractivity contribution in [3.63, 3.8) is 0 Å². The summed E-state index contributed by atoms with van der Waals surface area (Å²) in [5.74, 6) is -2.02. The molecule has 11 heteroatoms. The maximum atomic E-state index is 12.9. The van der Waals surface area contributed by atoms with Gasteiger partial charge in [-0.25, -0.2) is 9.78 Å². The number of aromatic nitrogens is 1.